The van der Waals surface area contributed by atoms with Crippen molar-refractivity contribution in [1.29, 1.82) is 0 Å². The van der Waals surface area contributed by atoms with E-state index in [1.54, 1.807) is 7.11 Å². The van der Waals surface area contributed by atoms with E-state index in [2.05, 4.69) is 0 Å². The third kappa shape index (κ3) is 2.62. The van der Waals surface area contributed by atoms with E-state index >= 15 is 0 Å². The van der Waals surface area contributed by atoms with E-state index in [4.69, 9.17) is 4.74 Å². The average Bonchev–Trinajstić information content (AvgIpc) is 2.71. The van der Waals surface area contributed by atoms with E-state index in [-0.39, 0.29) is 5.91 Å². The molecule has 0 aliphatic carbocycles. The van der Waals surface area contributed by atoms with Crippen molar-refractivity contribution < 1.29 is 9.53 Å². The van der Waals surface area contributed by atoms with Crippen LogP contribution in [-0.4, -0.2) is 35.6 Å². The Morgan fingerprint density at radius 2 is 1.81 bits per heavy atom. The van der Waals surface area contributed by atoms with Gasteiger partial charge >= 0.3 is 0 Å². The van der Waals surface area contributed by atoms with Gasteiger partial charge < -0.3 is 14.2 Å². The number of benzene rings is 1. The lowest BCUT2D eigenvalue weighted by atomic mass is 10.2. The standard InChI is InChI=1S/C17H22N2O2/c1-18-15-12-14(21-2)8-7-13(15)11-16(18)17(20)19-9-5-3-4-6-10-19/h7-8,11-12H,3-6,9-10H2,1-2H3. The van der Waals surface area contributed by atoms with Gasteiger partial charge in [-0.3, -0.25) is 4.79 Å². The molecular formula is C17H22N2O2. The predicted octanol–water partition coefficient (Wildman–Crippen LogP) is 3.20. The molecule has 1 fully saturated rings. The molecule has 1 amide bonds. The Labute approximate surface area is 125 Å². The van der Waals surface area contributed by atoms with Crippen LogP contribution in [0.15, 0.2) is 24.3 Å². The molecule has 0 spiro atoms. The van der Waals surface area contributed by atoms with E-state index in [1.165, 1.54) is 12.8 Å². The fourth-order valence-corrected chi connectivity index (χ4v) is 3.08. The summed E-state index contributed by atoms with van der Waals surface area (Å²) in [6.45, 7) is 1.76. The first-order chi connectivity index (χ1) is 10.2. The topological polar surface area (TPSA) is 34.5 Å². The zero-order chi connectivity index (χ0) is 14.8. The maximum absolute atomic E-state index is 12.8. The van der Waals surface area contributed by atoms with Crippen LogP contribution in [0.5, 0.6) is 5.75 Å². The minimum Gasteiger partial charge on any atom is -0.497 e. The number of hydrogen-bond acceptors (Lipinski definition) is 2. The van der Waals surface area contributed by atoms with Crippen molar-refractivity contribution in [2.24, 2.45) is 7.05 Å². The number of rotatable bonds is 2. The lowest BCUT2D eigenvalue weighted by Gasteiger charge is -2.20. The molecule has 0 saturated carbocycles. The van der Waals surface area contributed by atoms with Crippen molar-refractivity contribution in [3.63, 3.8) is 0 Å². The van der Waals surface area contributed by atoms with Gasteiger partial charge in [0.1, 0.15) is 11.4 Å². The Hall–Kier alpha value is -1.97. The number of hydrogen-bond donors (Lipinski definition) is 0. The molecule has 1 aromatic carbocycles. The first-order valence-electron chi connectivity index (χ1n) is 7.63. The number of amides is 1. The zero-order valence-electron chi connectivity index (χ0n) is 12.8. The summed E-state index contributed by atoms with van der Waals surface area (Å²) in [6.07, 6.45) is 4.69. The van der Waals surface area contributed by atoms with E-state index in [9.17, 15) is 4.79 Å². The number of carbonyl (C=O) groups excluding carboxylic acids is 1. The van der Waals surface area contributed by atoms with Crippen molar-refractivity contribution in [2.45, 2.75) is 25.7 Å². The van der Waals surface area contributed by atoms with E-state index in [1.807, 2.05) is 40.8 Å². The van der Waals surface area contributed by atoms with Gasteiger partial charge in [-0.15, -0.1) is 0 Å². The molecule has 0 N–H and O–H groups in total. The molecule has 0 radical (unpaired) electrons. The highest BCUT2D eigenvalue weighted by Crippen LogP contribution is 2.25. The van der Waals surface area contributed by atoms with Crippen LogP contribution in [0.2, 0.25) is 0 Å². The van der Waals surface area contributed by atoms with E-state index in [0.29, 0.717) is 0 Å². The number of aryl methyl sites for hydroxylation is 1. The fourth-order valence-electron chi connectivity index (χ4n) is 3.08. The second-order valence-electron chi connectivity index (χ2n) is 5.72. The Balaban J connectivity index is 1.95. The first-order valence-corrected chi connectivity index (χ1v) is 7.63. The van der Waals surface area contributed by atoms with Crippen LogP contribution in [0.4, 0.5) is 0 Å². The molecule has 4 heteroatoms. The van der Waals surface area contributed by atoms with Crippen LogP contribution in [-0.2, 0) is 7.05 Å². The maximum atomic E-state index is 12.8. The average molecular weight is 286 g/mol. The SMILES string of the molecule is COc1ccc2cc(C(=O)N3CCCCCC3)n(C)c2c1. The Kier molecular flexibility index (Phi) is 3.86. The summed E-state index contributed by atoms with van der Waals surface area (Å²) in [4.78, 5) is 14.8. The van der Waals surface area contributed by atoms with E-state index < -0.39 is 0 Å². The molecule has 112 valence electrons. The minimum atomic E-state index is 0.148. The molecule has 1 aliphatic rings. The Morgan fingerprint density at radius 1 is 1.10 bits per heavy atom. The Morgan fingerprint density at radius 3 is 2.48 bits per heavy atom. The lowest BCUT2D eigenvalue weighted by molar-refractivity contribution is 0.0752. The van der Waals surface area contributed by atoms with Crippen LogP contribution in [0.3, 0.4) is 0 Å². The van der Waals surface area contributed by atoms with Crippen molar-refractivity contribution in [2.75, 3.05) is 20.2 Å². The second kappa shape index (κ2) is 5.80. The Bertz CT molecular complexity index is 652. The number of aromatic nitrogens is 1. The highest BCUT2D eigenvalue weighted by Gasteiger charge is 2.21. The molecule has 0 bridgehead atoms. The number of likely N-dealkylation sites (tertiary alicyclic amines) is 1. The molecular weight excluding hydrogens is 264 g/mol. The van der Waals surface area contributed by atoms with Crippen molar-refractivity contribution >= 4 is 16.8 Å². The third-order valence-electron chi connectivity index (χ3n) is 4.36. The molecule has 1 aromatic heterocycles. The third-order valence-corrected chi connectivity index (χ3v) is 4.36. The molecule has 2 aromatic rings. The van der Waals surface area contributed by atoms with E-state index in [0.717, 1.165) is 48.3 Å². The zero-order valence-corrected chi connectivity index (χ0v) is 12.8. The maximum Gasteiger partial charge on any atom is 0.270 e. The summed E-state index contributed by atoms with van der Waals surface area (Å²) >= 11 is 0. The van der Waals surface area contributed by atoms with Gasteiger partial charge in [0.05, 0.1) is 12.6 Å². The number of nitrogens with zero attached hydrogens (tertiary/aromatic N) is 2. The monoisotopic (exact) mass is 286 g/mol. The lowest BCUT2D eigenvalue weighted by Crippen LogP contribution is -2.33. The highest BCUT2D eigenvalue weighted by molar-refractivity contribution is 5.99. The molecule has 1 saturated heterocycles. The van der Waals surface area contributed by atoms with Crippen molar-refractivity contribution in [3.05, 3.63) is 30.0 Å². The van der Waals surface area contributed by atoms with Crippen LogP contribution >= 0.6 is 0 Å². The van der Waals surface area contributed by atoms with Gasteiger partial charge in [-0.05, 0) is 31.0 Å². The largest absolute Gasteiger partial charge is 0.497 e. The number of methoxy groups -OCH3 is 1. The molecule has 4 nitrogen and oxygen atoms in total. The summed E-state index contributed by atoms with van der Waals surface area (Å²) in [5.41, 5.74) is 1.80. The van der Waals surface area contributed by atoms with Gasteiger partial charge in [-0.2, -0.15) is 0 Å². The highest BCUT2D eigenvalue weighted by atomic mass is 16.5. The van der Waals surface area contributed by atoms with Gasteiger partial charge in [0.25, 0.3) is 5.91 Å². The van der Waals surface area contributed by atoms with Gasteiger partial charge in [-0.25, -0.2) is 0 Å². The van der Waals surface area contributed by atoms with Gasteiger partial charge in [0.2, 0.25) is 0 Å². The van der Waals surface area contributed by atoms with Crippen LogP contribution < -0.4 is 4.74 Å². The molecule has 0 atom stereocenters. The summed E-state index contributed by atoms with van der Waals surface area (Å²) in [6, 6.07) is 7.91. The summed E-state index contributed by atoms with van der Waals surface area (Å²) in [5.74, 6) is 0.965. The summed E-state index contributed by atoms with van der Waals surface area (Å²) in [5, 5.41) is 1.08. The minimum absolute atomic E-state index is 0.148. The molecule has 21 heavy (non-hydrogen) atoms. The summed E-state index contributed by atoms with van der Waals surface area (Å²) in [7, 11) is 3.61. The van der Waals surface area contributed by atoms with Gasteiger partial charge in [0.15, 0.2) is 0 Å². The number of ether oxygens (including phenoxy) is 1. The van der Waals surface area contributed by atoms with Crippen LogP contribution in [0.1, 0.15) is 36.2 Å². The molecule has 2 heterocycles. The van der Waals surface area contributed by atoms with Crippen molar-refractivity contribution in [1.82, 2.24) is 9.47 Å². The molecule has 3 rings (SSSR count). The van der Waals surface area contributed by atoms with Crippen molar-refractivity contribution in [3.8, 4) is 5.75 Å². The molecule has 1 aliphatic heterocycles. The first kappa shape index (κ1) is 14.0. The quantitative estimate of drug-likeness (QED) is 0.849. The van der Waals surface area contributed by atoms with Gasteiger partial charge in [-0.1, -0.05) is 12.8 Å². The smallest absolute Gasteiger partial charge is 0.270 e. The predicted molar refractivity (Wildman–Crippen MR) is 83.8 cm³/mol. The number of carbonyl (C=O) groups is 1. The normalized spacial score (nSPS) is 16.0. The number of fused-ring (bicyclic) bond motifs is 1. The second-order valence-corrected chi connectivity index (χ2v) is 5.72. The summed E-state index contributed by atoms with van der Waals surface area (Å²) < 4.78 is 7.25. The molecule has 0 unspecified atom stereocenters. The van der Waals surface area contributed by atoms with Crippen LogP contribution in [0, 0.1) is 0 Å². The van der Waals surface area contributed by atoms with Gasteiger partial charge in [0, 0.05) is 31.6 Å². The van der Waals surface area contributed by atoms with Crippen LogP contribution in [0.25, 0.3) is 10.9 Å². The fraction of sp³-hybridized carbons (Fsp3) is 0.471.